The highest BCUT2D eigenvalue weighted by Gasteiger charge is 2.25. The number of nitrogen functional groups attached to an aromatic ring is 2. The van der Waals surface area contributed by atoms with Gasteiger partial charge in [0.25, 0.3) is 0 Å². The number of halogens is 4. The Hall–Kier alpha value is -1.79. The molecule has 0 aromatic heterocycles. The molecule has 76 valence electrons. The molecule has 0 saturated carbocycles. The summed E-state index contributed by atoms with van der Waals surface area (Å²) in [5.41, 5.74) is 6.92. The van der Waals surface area contributed by atoms with Crippen molar-refractivity contribution < 1.29 is 17.6 Å². The molecule has 0 aliphatic carbocycles. The van der Waals surface area contributed by atoms with Gasteiger partial charge in [-0.2, -0.15) is 0 Å². The lowest BCUT2D eigenvalue weighted by atomic mass is 10.1. The number of hydrogen-bond acceptors (Lipinski definition) is 2. The quantitative estimate of drug-likeness (QED) is 0.212. The van der Waals surface area contributed by atoms with Crippen LogP contribution in [0.5, 0.6) is 0 Å². The molecule has 5 N–H and O–H groups in total. The average molecular weight is 207 g/mol. The SMILES string of the molecule is N=C(N)c1c(F)c(F)c(N)c(F)c1F. The number of anilines is 1. The van der Waals surface area contributed by atoms with Crippen LogP contribution in [-0.4, -0.2) is 5.84 Å². The average Bonchev–Trinajstić information content (AvgIpc) is 2.11. The molecule has 0 bridgehead atoms. The summed E-state index contributed by atoms with van der Waals surface area (Å²) in [5, 5.41) is 6.70. The second-order valence-corrected chi connectivity index (χ2v) is 2.46. The van der Waals surface area contributed by atoms with E-state index >= 15 is 0 Å². The van der Waals surface area contributed by atoms with E-state index in [-0.39, 0.29) is 0 Å². The lowest BCUT2D eigenvalue weighted by molar-refractivity contribution is 0.457. The van der Waals surface area contributed by atoms with Crippen LogP contribution < -0.4 is 11.5 Å². The predicted molar refractivity (Wildman–Crippen MR) is 41.7 cm³/mol. The molecule has 1 aromatic rings. The van der Waals surface area contributed by atoms with E-state index in [1.54, 1.807) is 0 Å². The maximum Gasteiger partial charge on any atom is 0.185 e. The first kappa shape index (κ1) is 10.3. The summed E-state index contributed by atoms with van der Waals surface area (Å²) in [7, 11) is 0. The Bertz CT molecular complexity index is 387. The topological polar surface area (TPSA) is 75.9 Å². The summed E-state index contributed by atoms with van der Waals surface area (Å²) in [6, 6.07) is 0. The highest BCUT2D eigenvalue weighted by atomic mass is 19.2. The minimum absolute atomic E-state index is 1.11. The Morgan fingerprint density at radius 1 is 0.929 bits per heavy atom. The molecule has 1 aromatic carbocycles. The van der Waals surface area contributed by atoms with Gasteiger partial charge in [-0.15, -0.1) is 0 Å². The summed E-state index contributed by atoms with van der Waals surface area (Å²) in [4.78, 5) is 0. The molecular formula is C7H5F4N3. The smallest absolute Gasteiger partial charge is 0.185 e. The van der Waals surface area contributed by atoms with Crippen LogP contribution in [0, 0.1) is 28.7 Å². The van der Waals surface area contributed by atoms with Gasteiger partial charge in [0, 0.05) is 0 Å². The molecule has 0 amide bonds. The molecule has 7 heteroatoms. The van der Waals surface area contributed by atoms with E-state index in [9.17, 15) is 17.6 Å². The molecule has 0 unspecified atom stereocenters. The molecule has 14 heavy (non-hydrogen) atoms. The molecule has 0 fully saturated rings. The fraction of sp³-hybridized carbons (Fsp3) is 0. The van der Waals surface area contributed by atoms with Crippen molar-refractivity contribution in [1.29, 1.82) is 5.41 Å². The molecule has 0 radical (unpaired) electrons. The van der Waals surface area contributed by atoms with Gasteiger partial charge in [-0.05, 0) is 0 Å². The van der Waals surface area contributed by atoms with E-state index in [1.165, 1.54) is 0 Å². The van der Waals surface area contributed by atoms with Crippen LogP contribution in [-0.2, 0) is 0 Å². The van der Waals surface area contributed by atoms with E-state index < -0.39 is 40.4 Å². The maximum atomic E-state index is 12.9. The second kappa shape index (κ2) is 3.17. The number of benzene rings is 1. The van der Waals surface area contributed by atoms with E-state index in [2.05, 4.69) is 0 Å². The van der Waals surface area contributed by atoms with Gasteiger partial charge < -0.3 is 11.5 Å². The standard InChI is InChI=1S/C7H5F4N3/c8-2-1(7(13)14)3(9)5(11)6(12)4(2)10/h12H2,(H3,13,14). The molecule has 0 aliphatic heterocycles. The van der Waals surface area contributed by atoms with Crippen LogP contribution in [0.4, 0.5) is 23.2 Å². The molecule has 0 aliphatic rings. The normalized spacial score (nSPS) is 10.3. The van der Waals surface area contributed by atoms with Crippen molar-refractivity contribution in [3.63, 3.8) is 0 Å². The van der Waals surface area contributed by atoms with Crippen molar-refractivity contribution in [2.24, 2.45) is 5.73 Å². The van der Waals surface area contributed by atoms with Crippen LogP contribution in [0.2, 0.25) is 0 Å². The van der Waals surface area contributed by atoms with Gasteiger partial charge in [-0.25, -0.2) is 17.6 Å². The van der Waals surface area contributed by atoms with Crippen molar-refractivity contribution in [3.8, 4) is 0 Å². The number of nitrogens with one attached hydrogen (secondary N) is 1. The molecule has 0 heterocycles. The molecule has 1 rings (SSSR count). The highest BCUT2D eigenvalue weighted by Crippen LogP contribution is 2.25. The number of nitrogens with two attached hydrogens (primary N) is 2. The molecular weight excluding hydrogens is 202 g/mol. The van der Waals surface area contributed by atoms with Crippen molar-refractivity contribution in [2.45, 2.75) is 0 Å². The lowest BCUT2D eigenvalue weighted by Gasteiger charge is -2.07. The molecule has 0 spiro atoms. The monoisotopic (exact) mass is 207 g/mol. The Balaban J connectivity index is 3.68. The Labute approximate surface area is 75.8 Å². The minimum atomic E-state index is -1.77. The summed E-state index contributed by atoms with van der Waals surface area (Å²) >= 11 is 0. The van der Waals surface area contributed by atoms with E-state index in [1.807, 2.05) is 0 Å². The van der Waals surface area contributed by atoms with Crippen LogP contribution in [0.1, 0.15) is 5.56 Å². The largest absolute Gasteiger partial charge is 0.394 e. The Morgan fingerprint density at radius 3 is 1.57 bits per heavy atom. The minimum Gasteiger partial charge on any atom is -0.394 e. The predicted octanol–water partition coefficient (Wildman–Crippen LogP) is 1.11. The third-order valence-electron chi connectivity index (χ3n) is 1.57. The van der Waals surface area contributed by atoms with Gasteiger partial charge in [0.15, 0.2) is 23.3 Å². The Morgan fingerprint density at radius 2 is 1.29 bits per heavy atom. The van der Waals surface area contributed by atoms with Gasteiger partial charge in [-0.3, -0.25) is 5.41 Å². The summed E-state index contributed by atoms with van der Waals surface area (Å²) in [6.45, 7) is 0. The molecule has 0 atom stereocenters. The first-order valence-electron chi connectivity index (χ1n) is 3.33. The van der Waals surface area contributed by atoms with E-state index in [0.29, 0.717) is 0 Å². The fourth-order valence-electron chi connectivity index (χ4n) is 0.885. The number of hydrogen-bond donors (Lipinski definition) is 3. The van der Waals surface area contributed by atoms with E-state index in [4.69, 9.17) is 16.9 Å². The Kier molecular flexibility index (Phi) is 2.33. The van der Waals surface area contributed by atoms with Gasteiger partial charge in [0.1, 0.15) is 11.5 Å². The molecule has 0 saturated heterocycles. The van der Waals surface area contributed by atoms with E-state index in [0.717, 1.165) is 0 Å². The van der Waals surface area contributed by atoms with Gasteiger partial charge >= 0.3 is 0 Å². The first-order chi connectivity index (χ1) is 6.37. The molecule has 3 nitrogen and oxygen atoms in total. The zero-order valence-electron chi connectivity index (χ0n) is 6.67. The van der Waals surface area contributed by atoms with Gasteiger partial charge in [0.2, 0.25) is 0 Å². The van der Waals surface area contributed by atoms with Crippen LogP contribution in [0.25, 0.3) is 0 Å². The lowest BCUT2D eigenvalue weighted by Crippen LogP contribution is -2.19. The number of amidine groups is 1. The summed E-state index contributed by atoms with van der Waals surface area (Å²) in [6.07, 6.45) is 0. The summed E-state index contributed by atoms with van der Waals surface area (Å²) < 4.78 is 51.2. The van der Waals surface area contributed by atoms with Crippen molar-refractivity contribution >= 4 is 11.5 Å². The fourth-order valence-corrected chi connectivity index (χ4v) is 0.885. The van der Waals surface area contributed by atoms with Crippen molar-refractivity contribution in [2.75, 3.05) is 5.73 Å². The maximum absolute atomic E-state index is 12.9. The van der Waals surface area contributed by atoms with Gasteiger partial charge in [-0.1, -0.05) is 0 Å². The third-order valence-corrected chi connectivity index (χ3v) is 1.57. The van der Waals surface area contributed by atoms with Gasteiger partial charge in [0.05, 0.1) is 5.56 Å². The number of rotatable bonds is 1. The third kappa shape index (κ3) is 1.26. The first-order valence-corrected chi connectivity index (χ1v) is 3.33. The van der Waals surface area contributed by atoms with Crippen molar-refractivity contribution in [1.82, 2.24) is 0 Å². The van der Waals surface area contributed by atoms with Crippen LogP contribution in [0.3, 0.4) is 0 Å². The highest BCUT2D eigenvalue weighted by molar-refractivity contribution is 5.95. The van der Waals surface area contributed by atoms with Crippen LogP contribution >= 0.6 is 0 Å². The zero-order chi connectivity index (χ0) is 11.0. The van der Waals surface area contributed by atoms with Crippen molar-refractivity contribution in [3.05, 3.63) is 28.8 Å². The zero-order valence-corrected chi connectivity index (χ0v) is 6.67. The second-order valence-electron chi connectivity index (χ2n) is 2.46. The van der Waals surface area contributed by atoms with Crippen LogP contribution in [0.15, 0.2) is 0 Å². The summed E-state index contributed by atoms with van der Waals surface area (Å²) in [5.74, 6) is -8.16.